The third-order valence-corrected chi connectivity index (χ3v) is 5.01. The number of nitrogens with zero attached hydrogens (tertiary/aromatic N) is 2. The lowest BCUT2D eigenvalue weighted by molar-refractivity contribution is 0.102. The number of carbonyl (C=O) groups is 1. The second-order valence-electron chi connectivity index (χ2n) is 7.09. The van der Waals surface area contributed by atoms with Crippen LogP contribution in [0.15, 0.2) is 66.9 Å². The fourth-order valence-electron chi connectivity index (χ4n) is 3.41. The Labute approximate surface area is 169 Å². The molecular weight excluding hydrogens is 367 g/mol. The van der Waals surface area contributed by atoms with Crippen molar-refractivity contribution in [2.75, 3.05) is 28.6 Å². The van der Waals surface area contributed by atoms with Crippen molar-refractivity contribution in [3.63, 3.8) is 0 Å². The molecule has 0 aliphatic carbocycles. The molecule has 1 fully saturated rings. The molecule has 3 aromatic rings. The van der Waals surface area contributed by atoms with Crippen molar-refractivity contribution < 1.29 is 9.18 Å². The molecule has 0 spiro atoms. The molecule has 29 heavy (non-hydrogen) atoms. The number of rotatable bonds is 5. The Morgan fingerprint density at radius 1 is 0.931 bits per heavy atom. The van der Waals surface area contributed by atoms with E-state index in [0.717, 1.165) is 18.8 Å². The van der Waals surface area contributed by atoms with E-state index in [1.807, 2.05) is 12.1 Å². The maximum Gasteiger partial charge on any atom is 0.257 e. The number of anilines is 4. The average molecular weight is 390 g/mol. The Morgan fingerprint density at radius 3 is 2.38 bits per heavy atom. The molecule has 0 atom stereocenters. The molecule has 5 nitrogen and oxygen atoms in total. The normalized spacial score (nSPS) is 13.8. The van der Waals surface area contributed by atoms with Gasteiger partial charge in [0.2, 0.25) is 0 Å². The number of benzene rings is 2. The summed E-state index contributed by atoms with van der Waals surface area (Å²) in [5, 5.41) is 5.79. The summed E-state index contributed by atoms with van der Waals surface area (Å²) in [4.78, 5) is 19.0. The van der Waals surface area contributed by atoms with Crippen LogP contribution in [0.5, 0.6) is 0 Å². The van der Waals surface area contributed by atoms with Crippen LogP contribution in [0.2, 0.25) is 0 Å². The lowest BCUT2D eigenvalue weighted by Gasteiger charge is -2.28. The summed E-state index contributed by atoms with van der Waals surface area (Å²) < 4.78 is 13.7. The lowest BCUT2D eigenvalue weighted by atomic mass is 10.1. The van der Waals surface area contributed by atoms with E-state index in [2.05, 4.69) is 32.7 Å². The first-order chi connectivity index (χ1) is 14.2. The first-order valence-corrected chi connectivity index (χ1v) is 9.83. The zero-order valence-corrected chi connectivity index (χ0v) is 16.1. The highest BCUT2D eigenvalue weighted by atomic mass is 19.1. The standard InChI is InChI=1S/C23H23FN4O/c24-20-6-2-3-7-21(20)27-23(29)17-8-13-22(25-16-17)26-18-9-11-19(12-10-18)28-14-4-1-5-15-28/h2-3,6-13,16H,1,4-5,14-15H2,(H,25,26)(H,27,29). The van der Waals surface area contributed by atoms with E-state index >= 15 is 0 Å². The Bertz CT molecular complexity index is 967. The van der Waals surface area contributed by atoms with Crippen LogP contribution in [0.3, 0.4) is 0 Å². The number of para-hydroxylation sites is 1. The zero-order valence-electron chi connectivity index (χ0n) is 16.1. The molecule has 1 aliphatic heterocycles. The average Bonchev–Trinajstić information content (AvgIpc) is 2.77. The van der Waals surface area contributed by atoms with Crippen LogP contribution < -0.4 is 15.5 Å². The van der Waals surface area contributed by atoms with Gasteiger partial charge in [0, 0.05) is 30.7 Å². The van der Waals surface area contributed by atoms with Gasteiger partial charge < -0.3 is 15.5 Å². The molecule has 1 aliphatic rings. The van der Waals surface area contributed by atoms with E-state index < -0.39 is 11.7 Å². The number of aromatic nitrogens is 1. The minimum atomic E-state index is -0.472. The van der Waals surface area contributed by atoms with E-state index in [1.165, 1.54) is 43.3 Å². The van der Waals surface area contributed by atoms with Crippen LogP contribution in [0.25, 0.3) is 0 Å². The van der Waals surface area contributed by atoms with Crippen molar-refractivity contribution in [1.29, 1.82) is 0 Å². The first kappa shape index (κ1) is 18.9. The van der Waals surface area contributed by atoms with E-state index in [0.29, 0.717) is 11.4 Å². The monoisotopic (exact) mass is 390 g/mol. The van der Waals surface area contributed by atoms with Gasteiger partial charge in [0.25, 0.3) is 5.91 Å². The SMILES string of the molecule is O=C(Nc1ccccc1F)c1ccc(Nc2ccc(N3CCCCC3)cc2)nc1. The van der Waals surface area contributed by atoms with E-state index in [4.69, 9.17) is 0 Å². The first-order valence-electron chi connectivity index (χ1n) is 9.83. The summed E-state index contributed by atoms with van der Waals surface area (Å²) in [7, 11) is 0. The molecule has 0 bridgehead atoms. The van der Waals surface area contributed by atoms with E-state index in [9.17, 15) is 9.18 Å². The van der Waals surface area contributed by atoms with Crippen LogP contribution in [0.1, 0.15) is 29.6 Å². The van der Waals surface area contributed by atoms with Crippen LogP contribution in [-0.4, -0.2) is 24.0 Å². The van der Waals surface area contributed by atoms with Crippen molar-refractivity contribution in [1.82, 2.24) is 4.98 Å². The third kappa shape index (κ3) is 4.71. The number of hydrogen-bond donors (Lipinski definition) is 2. The second kappa shape index (κ2) is 8.73. The van der Waals surface area contributed by atoms with Crippen LogP contribution in [-0.2, 0) is 0 Å². The summed E-state index contributed by atoms with van der Waals surface area (Å²) in [6.45, 7) is 2.23. The van der Waals surface area contributed by atoms with Gasteiger partial charge in [-0.15, -0.1) is 0 Å². The maximum absolute atomic E-state index is 13.7. The number of hydrogen-bond acceptors (Lipinski definition) is 4. The fourth-order valence-corrected chi connectivity index (χ4v) is 3.41. The highest BCUT2D eigenvalue weighted by molar-refractivity contribution is 6.04. The fraction of sp³-hybridized carbons (Fsp3) is 0.217. The van der Waals surface area contributed by atoms with Crippen molar-refractivity contribution >= 4 is 28.8 Å². The Morgan fingerprint density at radius 2 is 1.69 bits per heavy atom. The Balaban J connectivity index is 1.38. The van der Waals surface area contributed by atoms with Gasteiger partial charge >= 0.3 is 0 Å². The van der Waals surface area contributed by atoms with Crippen molar-refractivity contribution in [2.24, 2.45) is 0 Å². The summed E-state index contributed by atoms with van der Waals surface area (Å²) in [5.74, 6) is -0.238. The molecule has 2 heterocycles. The zero-order chi connectivity index (χ0) is 20.1. The topological polar surface area (TPSA) is 57.3 Å². The molecule has 2 aromatic carbocycles. The van der Waals surface area contributed by atoms with Gasteiger partial charge in [0.05, 0.1) is 11.3 Å². The summed E-state index contributed by atoms with van der Waals surface area (Å²) in [5.41, 5.74) is 2.68. The smallest absolute Gasteiger partial charge is 0.257 e. The predicted molar refractivity (Wildman–Crippen MR) is 114 cm³/mol. The molecule has 0 saturated carbocycles. The molecule has 0 unspecified atom stereocenters. The van der Waals surface area contributed by atoms with Gasteiger partial charge in [-0.2, -0.15) is 0 Å². The minimum Gasteiger partial charge on any atom is -0.372 e. The Kier molecular flexibility index (Phi) is 5.70. The lowest BCUT2D eigenvalue weighted by Crippen LogP contribution is -2.29. The highest BCUT2D eigenvalue weighted by Gasteiger charge is 2.11. The number of piperidine rings is 1. The quantitative estimate of drug-likeness (QED) is 0.628. The largest absolute Gasteiger partial charge is 0.372 e. The Hall–Kier alpha value is -3.41. The van der Waals surface area contributed by atoms with Crippen molar-refractivity contribution in [2.45, 2.75) is 19.3 Å². The van der Waals surface area contributed by atoms with Crippen molar-refractivity contribution in [3.8, 4) is 0 Å². The molecule has 1 amide bonds. The third-order valence-electron chi connectivity index (χ3n) is 5.01. The molecule has 148 valence electrons. The van der Waals surface area contributed by atoms with Crippen molar-refractivity contribution in [3.05, 3.63) is 78.2 Å². The van der Waals surface area contributed by atoms with E-state index in [1.54, 1.807) is 24.3 Å². The number of halogens is 1. The van der Waals surface area contributed by atoms with Crippen LogP contribution in [0, 0.1) is 5.82 Å². The van der Waals surface area contributed by atoms with E-state index in [-0.39, 0.29) is 5.69 Å². The van der Waals surface area contributed by atoms with Gasteiger partial charge in [0.15, 0.2) is 0 Å². The number of carbonyl (C=O) groups excluding carboxylic acids is 1. The number of nitrogens with one attached hydrogen (secondary N) is 2. The number of pyridine rings is 1. The molecule has 1 saturated heterocycles. The molecule has 4 rings (SSSR count). The molecule has 6 heteroatoms. The molecule has 2 N–H and O–H groups in total. The van der Waals surface area contributed by atoms with Gasteiger partial charge in [-0.1, -0.05) is 12.1 Å². The number of amides is 1. The van der Waals surface area contributed by atoms with Gasteiger partial charge in [-0.3, -0.25) is 4.79 Å². The highest BCUT2D eigenvalue weighted by Crippen LogP contribution is 2.23. The van der Waals surface area contributed by atoms with Crippen LogP contribution in [0.4, 0.5) is 27.3 Å². The second-order valence-corrected chi connectivity index (χ2v) is 7.09. The minimum absolute atomic E-state index is 0.147. The summed E-state index contributed by atoms with van der Waals surface area (Å²) >= 11 is 0. The van der Waals surface area contributed by atoms with Gasteiger partial charge in [-0.05, 0) is 67.8 Å². The summed E-state index contributed by atoms with van der Waals surface area (Å²) in [6, 6.07) is 17.7. The molecule has 1 aromatic heterocycles. The van der Waals surface area contributed by atoms with Gasteiger partial charge in [-0.25, -0.2) is 9.37 Å². The van der Waals surface area contributed by atoms with Gasteiger partial charge in [0.1, 0.15) is 11.6 Å². The van der Waals surface area contributed by atoms with Crippen LogP contribution >= 0.6 is 0 Å². The maximum atomic E-state index is 13.7. The molecule has 0 radical (unpaired) electrons. The molecular formula is C23H23FN4O. The summed E-state index contributed by atoms with van der Waals surface area (Å²) in [6.07, 6.45) is 5.29. The predicted octanol–water partition coefficient (Wildman–Crippen LogP) is 5.21.